The number of fused-ring (bicyclic) bond motifs is 1. The van der Waals surface area contributed by atoms with Crippen molar-refractivity contribution in [2.45, 2.75) is 0 Å². The largest absolute Gasteiger partial charge is 0.497 e. The minimum absolute atomic E-state index is 0.544. The molecule has 0 atom stereocenters. The third-order valence-electron chi connectivity index (χ3n) is 2.84. The number of imidazole rings is 1. The van der Waals surface area contributed by atoms with Gasteiger partial charge in [-0.3, -0.25) is 4.40 Å². The van der Waals surface area contributed by atoms with Gasteiger partial charge >= 0.3 is 0 Å². The predicted octanol–water partition coefficient (Wildman–Crippen LogP) is 1.81. The molecule has 19 heavy (non-hydrogen) atoms. The maximum absolute atomic E-state index is 5.35. The predicted molar refractivity (Wildman–Crippen MR) is 69.3 cm³/mol. The number of aromatic nitrogens is 4. The molecule has 6 heteroatoms. The van der Waals surface area contributed by atoms with E-state index < -0.39 is 0 Å². The first-order chi connectivity index (χ1) is 9.31. The monoisotopic (exact) mass is 256 g/mol. The Morgan fingerprint density at radius 2 is 2.05 bits per heavy atom. The molecule has 0 aliphatic carbocycles. The lowest BCUT2D eigenvalue weighted by atomic mass is 10.1. The summed E-state index contributed by atoms with van der Waals surface area (Å²) in [5.74, 6) is 2.03. The second-order valence-electron chi connectivity index (χ2n) is 3.91. The van der Waals surface area contributed by atoms with Crippen molar-refractivity contribution in [3.8, 4) is 22.8 Å². The summed E-state index contributed by atoms with van der Waals surface area (Å²) in [6.07, 6.45) is 5.29. The quantitative estimate of drug-likeness (QED) is 0.715. The SMILES string of the molecule is COc1ccc(OC)c(-c2cn3ccnnc3n2)c1. The molecular formula is C13H12N4O2. The molecule has 3 rings (SSSR count). The van der Waals surface area contributed by atoms with Gasteiger partial charge in [0.2, 0.25) is 0 Å². The molecular weight excluding hydrogens is 244 g/mol. The van der Waals surface area contributed by atoms with Gasteiger partial charge in [-0.1, -0.05) is 0 Å². The average molecular weight is 256 g/mol. The third-order valence-corrected chi connectivity index (χ3v) is 2.84. The van der Waals surface area contributed by atoms with E-state index in [-0.39, 0.29) is 0 Å². The van der Waals surface area contributed by atoms with Gasteiger partial charge in [0.1, 0.15) is 11.5 Å². The van der Waals surface area contributed by atoms with Crippen LogP contribution in [0.2, 0.25) is 0 Å². The van der Waals surface area contributed by atoms with Crippen molar-refractivity contribution in [2.24, 2.45) is 0 Å². The molecule has 0 radical (unpaired) electrons. The van der Waals surface area contributed by atoms with Gasteiger partial charge in [0.15, 0.2) is 0 Å². The topological polar surface area (TPSA) is 61.5 Å². The van der Waals surface area contributed by atoms with Gasteiger partial charge in [0.25, 0.3) is 5.78 Å². The summed E-state index contributed by atoms with van der Waals surface area (Å²) in [5, 5.41) is 7.76. The first-order valence-electron chi connectivity index (χ1n) is 5.70. The van der Waals surface area contributed by atoms with Crippen molar-refractivity contribution < 1.29 is 9.47 Å². The zero-order valence-corrected chi connectivity index (χ0v) is 10.6. The van der Waals surface area contributed by atoms with E-state index in [4.69, 9.17) is 9.47 Å². The van der Waals surface area contributed by atoms with Crippen LogP contribution in [-0.2, 0) is 0 Å². The number of hydrogen-bond acceptors (Lipinski definition) is 5. The zero-order valence-electron chi connectivity index (χ0n) is 10.6. The summed E-state index contributed by atoms with van der Waals surface area (Å²) in [7, 11) is 3.25. The van der Waals surface area contributed by atoms with Gasteiger partial charge in [-0.05, 0) is 18.2 Å². The molecule has 0 aliphatic rings. The molecule has 0 N–H and O–H groups in total. The van der Waals surface area contributed by atoms with Crippen LogP contribution in [-0.4, -0.2) is 33.8 Å². The zero-order chi connectivity index (χ0) is 13.2. The number of ether oxygens (including phenoxy) is 2. The van der Waals surface area contributed by atoms with Crippen molar-refractivity contribution in [2.75, 3.05) is 14.2 Å². The molecule has 6 nitrogen and oxygen atoms in total. The Morgan fingerprint density at radius 1 is 1.16 bits per heavy atom. The van der Waals surface area contributed by atoms with E-state index in [9.17, 15) is 0 Å². The van der Waals surface area contributed by atoms with Crippen molar-refractivity contribution >= 4 is 5.78 Å². The number of nitrogens with zero attached hydrogens (tertiary/aromatic N) is 4. The summed E-state index contributed by atoms with van der Waals surface area (Å²) in [6, 6.07) is 5.58. The molecule has 0 saturated heterocycles. The van der Waals surface area contributed by atoms with Gasteiger partial charge in [-0.2, -0.15) is 5.10 Å². The third kappa shape index (κ3) is 1.97. The van der Waals surface area contributed by atoms with Crippen LogP contribution in [0.5, 0.6) is 11.5 Å². The van der Waals surface area contributed by atoms with Crippen LogP contribution >= 0.6 is 0 Å². The molecule has 0 bridgehead atoms. The Morgan fingerprint density at radius 3 is 2.79 bits per heavy atom. The van der Waals surface area contributed by atoms with E-state index >= 15 is 0 Å². The lowest BCUT2D eigenvalue weighted by Gasteiger charge is -2.08. The van der Waals surface area contributed by atoms with Crippen molar-refractivity contribution in [3.63, 3.8) is 0 Å². The highest BCUT2D eigenvalue weighted by Gasteiger charge is 2.11. The van der Waals surface area contributed by atoms with Gasteiger partial charge in [0, 0.05) is 18.0 Å². The molecule has 2 heterocycles. The van der Waals surface area contributed by atoms with Crippen LogP contribution in [0.25, 0.3) is 17.0 Å². The fourth-order valence-electron chi connectivity index (χ4n) is 1.90. The first kappa shape index (κ1) is 11.5. The van der Waals surface area contributed by atoms with Gasteiger partial charge in [0.05, 0.1) is 26.1 Å². The lowest BCUT2D eigenvalue weighted by Crippen LogP contribution is -1.90. The summed E-state index contributed by atoms with van der Waals surface area (Å²) in [6.45, 7) is 0. The first-order valence-corrected chi connectivity index (χ1v) is 5.70. The highest BCUT2D eigenvalue weighted by atomic mass is 16.5. The van der Waals surface area contributed by atoms with Crippen LogP contribution in [0, 0.1) is 0 Å². The second kappa shape index (κ2) is 4.56. The highest BCUT2D eigenvalue weighted by Crippen LogP contribution is 2.32. The molecule has 0 saturated carbocycles. The summed E-state index contributed by atoms with van der Waals surface area (Å²) < 4.78 is 12.4. The molecule has 0 fully saturated rings. The van der Waals surface area contributed by atoms with Crippen molar-refractivity contribution in [1.82, 2.24) is 19.6 Å². The van der Waals surface area contributed by atoms with Crippen LogP contribution in [0.4, 0.5) is 0 Å². The second-order valence-corrected chi connectivity index (χ2v) is 3.91. The smallest absolute Gasteiger partial charge is 0.254 e. The molecule has 0 amide bonds. The van der Waals surface area contributed by atoms with E-state index in [1.165, 1.54) is 0 Å². The summed E-state index contributed by atoms with van der Waals surface area (Å²) in [5.41, 5.74) is 1.61. The fourth-order valence-corrected chi connectivity index (χ4v) is 1.90. The Bertz CT molecular complexity index is 690. The Hall–Kier alpha value is -2.63. The van der Waals surface area contributed by atoms with E-state index in [2.05, 4.69) is 15.2 Å². The highest BCUT2D eigenvalue weighted by molar-refractivity contribution is 5.70. The number of hydrogen-bond donors (Lipinski definition) is 0. The van der Waals surface area contributed by atoms with E-state index in [0.717, 1.165) is 22.8 Å². The summed E-state index contributed by atoms with van der Waals surface area (Å²) >= 11 is 0. The summed E-state index contributed by atoms with van der Waals surface area (Å²) in [4.78, 5) is 4.42. The standard InChI is InChI=1S/C13H12N4O2/c1-18-9-3-4-12(19-2)10(7-9)11-8-17-6-5-14-16-13(17)15-11/h3-8H,1-2H3. The molecule has 96 valence electrons. The number of benzene rings is 1. The van der Waals surface area contributed by atoms with Crippen LogP contribution in [0.15, 0.2) is 36.8 Å². The van der Waals surface area contributed by atoms with Crippen molar-refractivity contribution in [3.05, 3.63) is 36.8 Å². The van der Waals surface area contributed by atoms with Crippen LogP contribution < -0.4 is 9.47 Å². The Kier molecular flexibility index (Phi) is 2.75. The van der Waals surface area contributed by atoms with Crippen LogP contribution in [0.1, 0.15) is 0 Å². The molecule has 1 aromatic carbocycles. The molecule has 2 aromatic heterocycles. The molecule has 0 aliphatic heterocycles. The number of rotatable bonds is 3. The maximum Gasteiger partial charge on any atom is 0.254 e. The molecule has 0 unspecified atom stereocenters. The normalized spacial score (nSPS) is 10.6. The molecule has 3 aromatic rings. The van der Waals surface area contributed by atoms with Gasteiger partial charge in [-0.15, -0.1) is 5.10 Å². The lowest BCUT2D eigenvalue weighted by molar-refractivity contribution is 0.404. The van der Waals surface area contributed by atoms with Gasteiger partial charge < -0.3 is 9.47 Å². The fraction of sp³-hybridized carbons (Fsp3) is 0.154. The minimum Gasteiger partial charge on any atom is -0.497 e. The van der Waals surface area contributed by atoms with Crippen LogP contribution in [0.3, 0.4) is 0 Å². The number of methoxy groups -OCH3 is 2. The molecule has 0 spiro atoms. The Labute approximate surface area is 109 Å². The maximum atomic E-state index is 5.35. The minimum atomic E-state index is 0.544. The van der Waals surface area contributed by atoms with Crippen molar-refractivity contribution in [1.29, 1.82) is 0 Å². The van der Waals surface area contributed by atoms with E-state index in [1.54, 1.807) is 31.0 Å². The van der Waals surface area contributed by atoms with E-state index in [0.29, 0.717) is 5.78 Å². The van der Waals surface area contributed by atoms with Gasteiger partial charge in [-0.25, -0.2) is 4.98 Å². The average Bonchev–Trinajstić information content (AvgIpc) is 2.90. The Balaban J connectivity index is 2.19. The van der Waals surface area contributed by atoms with E-state index in [1.807, 2.05) is 24.4 Å².